The second-order valence-corrected chi connectivity index (χ2v) is 10.3. The normalized spacial score (nSPS) is 14.4. The van der Waals surface area contributed by atoms with Gasteiger partial charge in [0.2, 0.25) is 11.8 Å². The van der Waals surface area contributed by atoms with E-state index in [0.29, 0.717) is 31.6 Å². The molecule has 1 saturated heterocycles. The molecule has 36 heavy (non-hydrogen) atoms. The number of fused-ring (bicyclic) bond motifs is 1. The number of nitrogens with zero attached hydrogens (tertiary/aromatic N) is 4. The number of piperidine rings is 1. The number of pyridine rings is 1. The zero-order valence-corrected chi connectivity index (χ0v) is 22.4. The number of ether oxygens (including phenoxy) is 2. The van der Waals surface area contributed by atoms with Crippen LogP contribution in [0.25, 0.3) is 11.0 Å². The van der Waals surface area contributed by atoms with E-state index in [2.05, 4.69) is 36.3 Å². The van der Waals surface area contributed by atoms with Crippen molar-refractivity contribution in [2.75, 3.05) is 33.3 Å². The third kappa shape index (κ3) is 7.15. The first kappa shape index (κ1) is 27.4. The lowest BCUT2D eigenvalue weighted by atomic mass is 9.92. The van der Waals surface area contributed by atoms with Gasteiger partial charge in [0.1, 0.15) is 18.7 Å². The van der Waals surface area contributed by atoms with Crippen molar-refractivity contribution in [2.24, 2.45) is 0 Å². The van der Waals surface area contributed by atoms with Crippen LogP contribution < -0.4 is 10.6 Å². The minimum Gasteiger partial charge on any atom is -0.468 e. The first-order valence-electron chi connectivity index (χ1n) is 11.6. The Morgan fingerprint density at radius 1 is 1.11 bits per heavy atom. The van der Waals surface area contributed by atoms with Crippen LogP contribution in [0.15, 0.2) is 16.7 Å². The number of likely N-dealkylation sites (tertiary alicyclic amines) is 1. The van der Waals surface area contributed by atoms with Gasteiger partial charge in [0.25, 0.3) is 0 Å². The van der Waals surface area contributed by atoms with E-state index in [9.17, 15) is 19.2 Å². The maximum absolute atomic E-state index is 12.5. The van der Waals surface area contributed by atoms with E-state index in [4.69, 9.17) is 9.84 Å². The van der Waals surface area contributed by atoms with Crippen LogP contribution in [0.1, 0.15) is 45.2 Å². The van der Waals surface area contributed by atoms with Gasteiger partial charge in [-0.2, -0.15) is 5.10 Å². The molecular formula is C23H31BrN6O6. The zero-order chi connectivity index (χ0) is 26.5. The summed E-state index contributed by atoms with van der Waals surface area (Å²) in [5.74, 6) is -1.46. The number of methoxy groups -OCH3 is 1. The largest absolute Gasteiger partial charge is 0.468 e. The standard InChI is InChI=1S/C23H31BrN6O6/c1-23(2,3)36-22(34)29-9-6-14(7-10-29)20-19-15(24)5-8-25-21(19)30(28-20)13-17(32)26-11-16(31)27-12-18(33)35-4/h5,8,14H,6-7,9-13H2,1-4H3,(H,26,32)(H,27,31). The molecule has 1 fully saturated rings. The molecular weight excluding hydrogens is 536 g/mol. The van der Waals surface area contributed by atoms with Gasteiger partial charge in [-0.05, 0) is 55.6 Å². The van der Waals surface area contributed by atoms with Crippen molar-refractivity contribution < 1.29 is 28.7 Å². The predicted octanol–water partition coefficient (Wildman–Crippen LogP) is 1.71. The molecule has 0 saturated carbocycles. The lowest BCUT2D eigenvalue weighted by Gasteiger charge is -2.33. The molecule has 2 N–H and O–H groups in total. The minimum absolute atomic E-state index is 0.0695. The van der Waals surface area contributed by atoms with Gasteiger partial charge in [0.05, 0.1) is 24.7 Å². The smallest absolute Gasteiger partial charge is 0.410 e. The molecule has 0 radical (unpaired) electrons. The van der Waals surface area contributed by atoms with Crippen molar-refractivity contribution in [3.8, 4) is 0 Å². The zero-order valence-electron chi connectivity index (χ0n) is 20.8. The Balaban J connectivity index is 1.67. The fraction of sp³-hybridized carbons (Fsp3) is 0.565. The third-order valence-electron chi connectivity index (χ3n) is 5.54. The Kier molecular flexibility index (Phi) is 8.88. The number of carbonyl (C=O) groups excluding carboxylic acids is 4. The molecule has 0 aliphatic carbocycles. The molecule has 0 bridgehead atoms. The van der Waals surface area contributed by atoms with Gasteiger partial charge in [-0.15, -0.1) is 0 Å². The third-order valence-corrected chi connectivity index (χ3v) is 6.20. The monoisotopic (exact) mass is 566 g/mol. The number of halogens is 1. The van der Waals surface area contributed by atoms with E-state index in [0.717, 1.165) is 15.6 Å². The first-order chi connectivity index (χ1) is 17.0. The number of aromatic nitrogens is 3. The van der Waals surface area contributed by atoms with Crippen molar-refractivity contribution >= 4 is 50.8 Å². The molecule has 196 valence electrons. The summed E-state index contributed by atoms with van der Waals surface area (Å²) in [4.78, 5) is 54.0. The van der Waals surface area contributed by atoms with Gasteiger partial charge < -0.3 is 25.0 Å². The molecule has 2 aromatic heterocycles. The Bertz CT molecular complexity index is 1140. The number of amides is 3. The van der Waals surface area contributed by atoms with Crippen LogP contribution in [0.3, 0.4) is 0 Å². The number of rotatable bonds is 7. The van der Waals surface area contributed by atoms with E-state index in [1.54, 1.807) is 11.1 Å². The highest BCUT2D eigenvalue weighted by molar-refractivity contribution is 9.10. The molecule has 3 heterocycles. The van der Waals surface area contributed by atoms with E-state index in [1.165, 1.54) is 11.8 Å². The SMILES string of the molecule is COC(=O)CNC(=O)CNC(=O)Cn1nc(C2CCN(C(=O)OC(C)(C)C)CC2)c2c(Br)ccnc21. The Labute approximate surface area is 217 Å². The van der Waals surface area contributed by atoms with Crippen LogP contribution in [0.2, 0.25) is 0 Å². The van der Waals surface area contributed by atoms with Crippen molar-refractivity contribution in [3.63, 3.8) is 0 Å². The quantitative estimate of drug-likeness (QED) is 0.482. The molecule has 0 aromatic carbocycles. The van der Waals surface area contributed by atoms with Gasteiger partial charge in [-0.3, -0.25) is 14.4 Å². The van der Waals surface area contributed by atoms with Crippen molar-refractivity contribution in [2.45, 2.75) is 51.7 Å². The highest BCUT2D eigenvalue weighted by Crippen LogP contribution is 2.35. The second kappa shape index (κ2) is 11.7. The van der Waals surface area contributed by atoms with Gasteiger partial charge in [0.15, 0.2) is 5.65 Å². The Hall–Kier alpha value is -3.22. The summed E-state index contributed by atoms with van der Waals surface area (Å²) in [6.07, 6.45) is 2.68. The lowest BCUT2D eigenvalue weighted by Crippen LogP contribution is -2.41. The van der Waals surface area contributed by atoms with E-state index in [1.807, 2.05) is 26.8 Å². The van der Waals surface area contributed by atoms with E-state index in [-0.39, 0.29) is 31.6 Å². The summed E-state index contributed by atoms with van der Waals surface area (Å²) in [5, 5.41) is 10.4. The Morgan fingerprint density at radius 3 is 2.42 bits per heavy atom. The molecule has 13 heteroatoms. The lowest BCUT2D eigenvalue weighted by molar-refractivity contribution is -0.141. The van der Waals surface area contributed by atoms with Gasteiger partial charge >= 0.3 is 12.1 Å². The van der Waals surface area contributed by atoms with Crippen LogP contribution in [0.5, 0.6) is 0 Å². The average Bonchev–Trinajstić information content (AvgIpc) is 3.19. The van der Waals surface area contributed by atoms with Crippen LogP contribution in [0.4, 0.5) is 4.79 Å². The summed E-state index contributed by atoms with van der Waals surface area (Å²) in [5.41, 5.74) is 0.791. The maximum atomic E-state index is 12.5. The second-order valence-electron chi connectivity index (χ2n) is 9.41. The maximum Gasteiger partial charge on any atom is 0.410 e. The van der Waals surface area contributed by atoms with Crippen molar-refractivity contribution in [3.05, 3.63) is 22.4 Å². The number of hydrogen-bond donors (Lipinski definition) is 2. The number of esters is 1. The van der Waals surface area contributed by atoms with Gasteiger partial charge in [-0.1, -0.05) is 0 Å². The molecule has 12 nitrogen and oxygen atoms in total. The topological polar surface area (TPSA) is 145 Å². The summed E-state index contributed by atoms with van der Waals surface area (Å²) in [7, 11) is 1.22. The van der Waals surface area contributed by atoms with Gasteiger partial charge in [0, 0.05) is 29.7 Å². The van der Waals surface area contributed by atoms with Crippen LogP contribution in [-0.4, -0.2) is 82.4 Å². The molecule has 1 aliphatic heterocycles. The summed E-state index contributed by atoms with van der Waals surface area (Å²) >= 11 is 3.58. The number of hydrogen-bond acceptors (Lipinski definition) is 8. The average molecular weight is 567 g/mol. The van der Waals surface area contributed by atoms with Crippen LogP contribution in [-0.2, 0) is 30.4 Å². The fourth-order valence-corrected chi connectivity index (χ4v) is 4.32. The highest BCUT2D eigenvalue weighted by Gasteiger charge is 2.30. The van der Waals surface area contributed by atoms with Crippen molar-refractivity contribution in [1.29, 1.82) is 0 Å². The summed E-state index contributed by atoms with van der Waals surface area (Å²) in [6, 6.07) is 1.82. The number of carbonyl (C=O) groups is 4. The molecule has 3 rings (SSSR count). The van der Waals surface area contributed by atoms with E-state index < -0.39 is 23.4 Å². The first-order valence-corrected chi connectivity index (χ1v) is 12.4. The fourth-order valence-electron chi connectivity index (χ4n) is 3.82. The molecule has 0 unspecified atom stereocenters. The molecule has 3 amide bonds. The molecule has 1 aliphatic rings. The van der Waals surface area contributed by atoms with E-state index >= 15 is 0 Å². The van der Waals surface area contributed by atoms with Crippen LogP contribution in [0, 0.1) is 0 Å². The minimum atomic E-state index is -0.584. The molecule has 0 atom stereocenters. The van der Waals surface area contributed by atoms with Crippen molar-refractivity contribution in [1.82, 2.24) is 30.3 Å². The predicted molar refractivity (Wildman–Crippen MR) is 133 cm³/mol. The number of nitrogens with one attached hydrogen (secondary N) is 2. The molecule has 0 spiro atoms. The summed E-state index contributed by atoms with van der Waals surface area (Å²) in [6.45, 7) is 5.88. The molecule has 2 aromatic rings. The van der Waals surface area contributed by atoms with Gasteiger partial charge in [-0.25, -0.2) is 14.5 Å². The van der Waals surface area contributed by atoms with Crippen LogP contribution >= 0.6 is 15.9 Å². The summed E-state index contributed by atoms with van der Waals surface area (Å²) < 4.78 is 12.3. The highest BCUT2D eigenvalue weighted by atomic mass is 79.9. The Morgan fingerprint density at radius 2 is 1.78 bits per heavy atom.